The highest BCUT2D eigenvalue weighted by atomic mass is 35.5. The molecule has 0 spiro atoms. The molecule has 2 N–H and O–H groups in total. The summed E-state index contributed by atoms with van der Waals surface area (Å²) in [5, 5.41) is 7.25. The van der Waals surface area contributed by atoms with Crippen LogP contribution in [0.25, 0.3) is 0 Å². The molecule has 9 heteroatoms. The Morgan fingerprint density at radius 3 is 2.41 bits per heavy atom. The summed E-state index contributed by atoms with van der Waals surface area (Å²) in [6.07, 6.45) is 0. The summed E-state index contributed by atoms with van der Waals surface area (Å²) in [6, 6.07) is 17.2. The van der Waals surface area contributed by atoms with Crippen molar-refractivity contribution in [3.8, 4) is 11.5 Å². The number of nitrogens with one attached hydrogen (secondary N) is 2. The Balaban J connectivity index is 1.38. The summed E-state index contributed by atoms with van der Waals surface area (Å²) in [5.41, 5.74) is 4.62. The number of halogens is 2. The average molecular weight is 544 g/mol. The largest absolute Gasteiger partial charge is 0.490 e. The zero-order valence-corrected chi connectivity index (χ0v) is 22.5. The van der Waals surface area contributed by atoms with Crippen LogP contribution in [0.1, 0.15) is 18.1 Å². The van der Waals surface area contributed by atoms with Gasteiger partial charge in [-0.15, -0.1) is 0 Å². The number of hydrogen-bond donors (Lipinski definition) is 2. The second-order valence-electron chi connectivity index (χ2n) is 8.66. The van der Waals surface area contributed by atoms with Crippen LogP contribution in [0.15, 0.2) is 54.6 Å². The average Bonchev–Trinajstić information content (AvgIpc) is 2.89. The maximum Gasteiger partial charge on any atom is 0.262 e. The Labute approximate surface area is 227 Å². The third kappa shape index (κ3) is 7.44. The number of hydrogen-bond acceptors (Lipinski definition) is 6. The van der Waals surface area contributed by atoms with Crippen molar-refractivity contribution in [1.29, 1.82) is 0 Å². The van der Waals surface area contributed by atoms with Crippen molar-refractivity contribution in [3.63, 3.8) is 0 Å². The minimum atomic E-state index is -0.287. The number of carbonyl (C=O) groups excluding carboxylic acids is 1. The van der Waals surface area contributed by atoms with E-state index in [1.807, 2.05) is 62.4 Å². The zero-order chi connectivity index (χ0) is 26.2. The van der Waals surface area contributed by atoms with Crippen LogP contribution in [-0.4, -0.2) is 45.4 Å². The Morgan fingerprint density at radius 2 is 1.70 bits per heavy atom. The van der Waals surface area contributed by atoms with E-state index in [4.69, 9.17) is 37.4 Å². The van der Waals surface area contributed by atoms with E-state index in [1.165, 1.54) is 0 Å². The lowest BCUT2D eigenvalue weighted by molar-refractivity contribution is -0.118. The molecular weight excluding hydrogens is 513 g/mol. The number of aryl methyl sites for hydroxylation is 1. The van der Waals surface area contributed by atoms with E-state index < -0.39 is 0 Å². The first-order chi connectivity index (χ1) is 17.9. The second-order valence-corrected chi connectivity index (χ2v) is 9.47. The quantitative estimate of drug-likeness (QED) is 0.318. The molecule has 1 aliphatic heterocycles. The predicted octanol–water partition coefficient (Wildman–Crippen LogP) is 6.17. The van der Waals surface area contributed by atoms with Gasteiger partial charge in [-0.3, -0.25) is 4.79 Å². The van der Waals surface area contributed by atoms with Gasteiger partial charge in [0.1, 0.15) is 0 Å². The zero-order valence-electron chi connectivity index (χ0n) is 21.0. The van der Waals surface area contributed by atoms with Crippen molar-refractivity contribution in [3.05, 3.63) is 75.8 Å². The maximum absolute atomic E-state index is 12.4. The van der Waals surface area contributed by atoms with Crippen LogP contribution in [0.5, 0.6) is 11.5 Å². The van der Waals surface area contributed by atoms with Gasteiger partial charge in [0.2, 0.25) is 0 Å². The lowest BCUT2D eigenvalue weighted by Gasteiger charge is -2.29. The topological polar surface area (TPSA) is 72.1 Å². The first-order valence-corrected chi connectivity index (χ1v) is 13.0. The molecule has 0 saturated carbocycles. The Bertz CT molecular complexity index is 1210. The van der Waals surface area contributed by atoms with Crippen molar-refractivity contribution in [2.24, 2.45) is 0 Å². The summed E-state index contributed by atoms with van der Waals surface area (Å²) < 4.78 is 17.0. The Morgan fingerprint density at radius 1 is 0.973 bits per heavy atom. The standard InChI is InChI=1S/C28H31Cl2N3O4/c1-3-36-26-15-20(17-31-22-8-9-25(23(29)16-22)33-10-12-35-13-11-33)14-24(30)28(26)37-18-27(34)32-21-6-4-19(2)5-7-21/h4-9,14-16,31H,3,10-13,17-18H2,1-2H3,(H,32,34). The lowest BCUT2D eigenvalue weighted by Crippen LogP contribution is -2.36. The fourth-order valence-corrected chi connectivity index (χ4v) is 4.57. The molecule has 3 aromatic carbocycles. The van der Waals surface area contributed by atoms with Gasteiger partial charge in [-0.05, 0) is 61.9 Å². The highest BCUT2D eigenvalue weighted by Crippen LogP contribution is 2.37. The summed E-state index contributed by atoms with van der Waals surface area (Å²) in [4.78, 5) is 14.6. The number of amides is 1. The molecule has 0 unspecified atom stereocenters. The molecule has 0 bridgehead atoms. The molecule has 4 rings (SSSR count). The van der Waals surface area contributed by atoms with E-state index >= 15 is 0 Å². The van der Waals surface area contributed by atoms with E-state index in [1.54, 1.807) is 6.07 Å². The van der Waals surface area contributed by atoms with Gasteiger partial charge in [-0.25, -0.2) is 0 Å². The van der Waals surface area contributed by atoms with Crippen LogP contribution in [-0.2, 0) is 16.1 Å². The summed E-state index contributed by atoms with van der Waals surface area (Å²) >= 11 is 13.1. The SMILES string of the molecule is CCOc1cc(CNc2ccc(N3CCOCC3)c(Cl)c2)cc(Cl)c1OCC(=O)Nc1ccc(C)cc1. The lowest BCUT2D eigenvalue weighted by atomic mass is 10.2. The van der Waals surface area contributed by atoms with Gasteiger partial charge in [-0.1, -0.05) is 40.9 Å². The van der Waals surface area contributed by atoms with Crippen molar-refractivity contribution >= 4 is 46.2 Å². The van der Waals surface area contributed by atoms with E-state index in [-0.39, 0.29) is 12.5 Å². The highest BCUT2D eigenvalue weighted by Gasteiger charge is 2.16. The van der Waals surface area contributed by atoms with Crippen LogP contribution in [0.2, 0.25) is 10.0 Å². The monoisotopic (exact) mass is 543 g/mol. The highest BCUT2D eigenvalue weighted by molar-refractivity contribution is 6.33. The van der Waals surface area contributed by atoms with Gasteiger partial charge in [0, 0.05) is 31.0 Å². The smallest absolute Gasteiger partial charge is 0.262 e. The Hall–Kier alpha value is -3.13. The number of nitrogens with zero attached hydrogens (tertiary/aromatic N) is 1. The van der Waals surface area contributed by atoms with Crippen LogP contribution in [0.4, 0.5) is 17.1 Å². The fourth-order valence-electron chi connectivity index (χ4n) is 3.98. The summed E-state index contributed by atoms with van der Waals surface area (Å²) in [6.45, 7) is 7.67. The van der Waals surface area contributed by atoms with Gasteiger partial charge in [-0.2, -0.15) is 0 Å². The molecule has 7 nitrogen and oxygen atoms in total. The predicted molar refractivity (Wildman–Crippen MR) is 150 cm³/mol. The number of carbonyl (C=O) groups is 1. The minimum absolute atomic E-state index is 0.195. The molecule has 37 heavy (non-hydrogen) atoms. The van der Waals surface area contributed by atoms with Crippen molar-refractivity contribution < 1.29 is 19.0 Å². The number of morpholine rings is 1. The van der Waals surface area contributed by atoms with E-state index in [9.17, 15) is 4.79 Å². The molecule has 1 amide bonds. The molecular formula is C28H31Cl2N3O4. The van der Waals surface area contributed by atoms with E-state index in [0.717, 1.165) is 35.6 Å². The molecule has 196 valence electrons. The molecule has 0 radical (unpaired) electrons. The van der Waals surface area contributed by atoms with Gasteiger partial charge in [0.05, 0.1) is 35.6 Å². The third-order valence-corrected chi connectivity index (χ3v) is 6.43. The van der Waals surface area contributed by atoms with Crippen molar-refractivity contribution in [2.45, 2.75) is 20.4 Å². The van der Waals surface area contributed by atoms with Crippen LogP contribution >= 0.6 is 23.2 Å². The van der Waals surface area contributed by atoms with Gasteiger partial charge < -0.3 is 29.7 Å². The van der Waals surface area contributed by atoms with E-state index in [0.29, 0.717) is 53.6 Å². The second kappa shape index (κ2) is 12.9. The molecule has 1 aliphatic rings. The molecule has 0 aliphatic carbocycles. The van der Waals surface area contributed by atoms with Crippen LogP contribution < -0.4 is 25.0 Å². The number of benzene rings is 3. The van der Waals surface area contributed by atoms with Crippen LogP contribution in [0, 0.1) is 6.92 Å². The first-order valence-electron chi connectivity index (χ1n) is 12.2. The molecule has 0 atom stereocenters. The van der Waals surface area contributed by atoms with Crippen LogP contribution in [0.3, 0.4) is 0 Å². The first kappa shape index (κ1) is 26.9. The molecule has 0 aromatic heterocycles. The van der Waals surface area contributed by atoms with Gasteiger partial charge >= 0.3 is 0 Å². The molecule has 1 fully saturated rings. The van der Waals surface area contributed by atoms with Crippen molar-refractivity contribution in [2.75, 3.05) is 55.1 Å². The number of rotatable bonds is 10. The molecule has 1 heterocycles. The molecule has 3 aromatic rings. The van der Waals surface area contributed by atoms with E-state index in [2.05, 4.69) is 15.5 Å². The van der Waals surface area contributed by atoms with Gasteiger partial charge in [0.15, 0.2) is 18.1 Å². The molecule has 1 saturated heterocycles. The number of ether oxygens (including phenoxy) is 3. The van der Waals surface area contributed by atoms with Gasteiger partial charge in [0.25, 0.3) is 5.91 Å². The normalized spacial score (nSPS) is 13.2. The summed E-state index contributed by atoms with van der Waals surface area (Å²) in [7, 11) is 0. The van der Waals surface area contributed by atoms with Crippen molar-refractivity contribution in [1.82, 2.24) is 0 Å². The fraction of sp³-hybridized carbons (Fsp3) is 0.321. The summed E-state index contributed by atoms with van der Waals surface area (Å²) in [5.74, 6) is 0.533. The minimum Gasteiger partial charge on any atom is -0.490 e. The maximum atomic E-state index is 12.4. The number of anilines is 3. The third-order valence-electron chi connectivity index (χ3n) is 5.85. The Kier molecular flexibility index (Phi) is 9.39.